The predicted octanol–water partition coefficient (Wildman–Crippen LogP) is 1.71. The molecule has 2 nitrogen and oxygen atoms in total. The number of benzene rings is 1. The lowest BCUT2D eigenvalue weighted by molar-refractivity contribution is 0.282. The molecule has 0 heterocycles. The van der Waals surface area contributed by atoms with E-state index in [-0.39, 0.29) is 6.61 Å². The van der Waals surface area contributed by atoms with Crippen molar-refractivity contribution in [1.82, 2.24) is 0 Å². The van der Waals surface area contributed by atoms with Crippen LogP contribution in [0.25, 0.3) is 6.08 Å². The van der Waals surface area contributed by atoms with E-state index in [4.69, 9.17) is 10.2 Å². The first-order valence-electron chi connectivity index (χ1n) is 3.37. The molecule has 58 valence electrons. The molecule has 0 aliphatic heterocycles. The van der Waals surface area contributed by atoms with Crippen molar-refractivity contribution in [1.29, 1.82) is 0 Å². The molecule has 2 heteroatoms. The molecule has 1 aromatic rings. The molecule has 0 fully saturated rings. The van der Waals surface area contributed by atoms with Gasteiger partial charge in [0.05, 0.1) is 12.9 Å². The topological polar surface area (TPSA) is 40.5 Å². The molecule has 0 spiro atoms. The van der Waals surface area contributed by atoms with Gasteiger partial charge in [0.25, 0.3) is 0 Å². The van der Waals surface area contributed by atoms with Gasteiger partial charge in [-0.1, -0.05) is 18.2 Å². The fourth-order valence-electron chi connectivity index (χ4n) is 0.881. The average molecular weight is 150 g/mol. The van der Waals surface area contributed by atoms with Gasteiger partial charge in [0, 0.05) is 0 Å². The number of aliphatic hydroxyl groups excluding tert-OH is 2. The summed E-state index contributed by atoms with van der Waals surface area (Å²) < 4.78 is 0. The van der Waals surface area contributed by atoms with E-state index in [1.54, 1.807) is 6.08 Å². The van der Waals surface area contributed by atoms with Gasteiger partial charge in [0.1, 0.15) is 0 Å². The lowest BCUT2D eigenvalue weighted by Gasteiger charge is -1.96. The highest BCUT2D eigenvalue weighted by molar-refractivity contribution is 5.48. The maximum Gasteiger partial charge on any atom is 0.0797 e. The van der Waals surface area contributed by atoms with Gasteiger partial charge in [0.2, 0.25) is 0 Å². The summed E-state index contributed by atoms with van der Waals surface area (Å²) in [7, 11) is 0. The Morgan fingerprint density at radius 3 is 2.82 bits per heavy atom. The minimum absolute atomic E-state index is 0.0348. The summed E-state index contributed by atoms with van der Waals surface area (Å²) in [5.41, 5.74) is 1.74. The molecule has 0 bridgehead atoms. The maximum absolute atomic E-state index is 8.74. The minimum atomic E-state index is 0.0348. The molecule has 0 saturated carbocycles. The summed E-state index contributed by atoms with van der Waals surface area (Å²) in [6.45, 7) is 0.0348. The molecular formula is C9H10O2. The molecular weight excluding hydrogens is 140 g/mol. The van der Waals surface area contributed by atoms with Crippen LogP contribution >= 0.6 is 0 Å². The van der Waals surface area contributed by atoms with Crippen molar-refractivity contribution < 1.29 is 10.2 Å². The molecule has 11 heavy (non-hydrogen) atoms. The van der Waals surface area contributed by atoms with Crippen molar-refractivity contribution in [2.45, 2.75) is 6.61 Å². The zero-order valence-electron chi connectivity index (χ0n) is 6.07. The van der Waals surface area contributed by atoms with E-state index in [0.717, 1.165) is 17.4 Å². The van der Waals surface area contributed by atoms with E-state index in [1.165, 1.54) is 0 Å². The molecule has 0 unspecified atom stereocenters. The summed E-state index contributed by atoms with van der Waals surface area (Å²) in [4.78, 5) is 0. The van der Waals surface area contributed by atoms with Gasteiger partial charge in [-0.2, -0.15) is 0 Å². The third-order valence-electron chi connectivity index (χ3n) is 1.40. The van der Waals surface area contributed by atoms with Gasteiger partial charge in [-0.3, -0.25) is 0 Å². The van der Waals surface area contributed by atoms with E-state index in [0.29, 0.717) is 0 Å². The van der Waals surface area contributed by atoms with Crippen LogP contribution in [0, 0.1) is 0 Å². The van der Waals surface area contributed by atoms with Crippen LogP contribution in [0.3, 0.4) is 0 Å². The maximum atomic E-state index is 8.74. The van der Waals surface area contributed by atoms with Gasteiger partial charge in [-0.25, -0.2) is 0 Å². The van der Waals surface area contributed by atoms with E-state index in [2.05, 4.69) is 0 Å². The Morgan fingerprint density at radius 1 is 1.36 bits per heavy atom. The van der Waals surface area contributed by atoms with E-state index in [9.17, 15) is 0 Å². The molecule has 0 radical (unpaired) electrons. The standard InChI is InChI=1S/C9H10O2/c10-5-4-8-2-1-3-9(6-8)7-11/h1-6,10-11H,7H2/b5-4-. The highest BCUT2D eigenvalue weighted by Crippen LogP contribution is 2.06. The van der Waals surface area contributed by atoms with Crippen LogP contribution in [-0.2, 0) is 6.61 Å². The number of aliphatic hydroxyl groups is 2. The van der Waals surface area contributed by atoms with Crippen LogP contribution in [0.5, 0.6) is 0 Å². The predicted molar refractivity (Wildman–Crippen MR) is 44.0 cm³/mol. The average Bonchev–Trinajstić information content (AvgIpc) is 2.06. The summed E-state index contributed by atoms with van der Waals surface area (Å²) in [5, 5.41) is 17.2. The first-order valence-corrected chi connectivity index (χ1v) is 3.37. The van der Waals surface area contributed by atoms with Gasteiger partial charge in [-0.15, -0.1) is 0 Å². The second-order valence-electron chi connectivity index (χ2n) is 2.22. The quantitative estimate of drug-likeness (QED) is 0.630. The van der Waals surface area contributed by atoms with Crippen molar-refractivity contribution in [2.24, 2.45) is 0 Å². The van der Waals surface area contributed by atoms with Gasteiger partial charge in [-0.05, 0) is 23.3 Å². The summed E-state index contributed by atoms with van der Waals surface area (Å²) in [5.74, 6) is 0. The molecule has 2 N–H and O–H groups in total. The fraction of sp³-hybridized carbons (Fsp3) is 0.111. The Bertz CT molecular complexity index is 253. The molecule has 0 aromatic heterocycles. The smallest absolute Gasteiger partial charge is 0.0797 e. The zero-order valence-corrected chi connectivity index (χ0v) is 6.07. The van der Waals surface area contributed by atoms with Crippen LogP contribution in [0.1, 0.15) is 11.1 Å². The zero-order chi connectivity index (χ0) is 8.10. The Balaban J connectivity index is 2.91. The van der Waals surface area contributed by atoms with Crippen LogP contribution in [-0.4, -0.2) is 10.2 Å². The highest BCUT2D eigenvalue weighted by atomic mass is 16.3. The lowest BCUT2D eigenvalue weighted by Crippen LogP contribution is -1.82. The number of rotatable bonds is 2. The second kappa shape index (κ2) is 3.78. The van der Waals surface area contributed by atoms with Crippen molar-refractivity contribution in [3.05, 3.63) is 41.7 Å². The van der Waals surface area contributed by atoms with Crippen molar-refractivity contribution in [3.8, 4) is 0 Å². The Morgan fingerprint density at radius 2 is 2.18 bits per heavy atom. The second-order valence-corrected chi connectivity index (χ2v) is 2.22. The largest absolute Gasteiger partial charge is 0.516 e. The molecule has 1 rings (SSSR count). The third kappa shape index (κ3) is 2.09. The molecule has 1 aromatic carbocycles. The van der Waals surface area contributed by atoms with E-state index >= 15 is 0 Å². The van der Waals surface area contributed by atoms with Gasteiger partial charge < -0.3 is 10.2 Å². The molecule has 0 amide bonds. The molecule has 0 saturated heterocycles. The Kier molecular flexibility index (Phi) is 2.69. The van der Waals surface area contributed by atoms with Crippen molar-refractivity contribution in [2.75, 3.05) is 0 Å². The third-order valence-corrected chi connectivity index (χ3v) is 1.40. The Labute approximate surface area is 65.4 Å². The first-order chi connectivity index (χ1) is 5.36. The first kappa shape index (κ1) is 7.82. The number of hydrogen-bond acceptors (Lipinski definition) is 2. The van der Waals surface area contributed by atoms with Crippen LogP contribution in [0.15, 0.2) is 30.5 Å². The van der Waals surface area contributed by atoms with Crippen LogP contribution in [0.4, 0.5) is 0 Å². The summed E-state index contributed by atoms with van der Waals surface area (Å²) in [6, 6.07) is 7.33. The van der Waals surface area contributed by atoms with Crippen LogP contribution < -0.4 is 0 Å². The molecule has 0 aliphatic rings. The van der Waals surface area contributed by atoms with Crippen molar-refractivity contribution >= 4 is 6.08 Å². The summed E-state index contributed by atoms with van der Waals surface area (Å²) in [6.07, 6.45) is 2.55. The van der Waals surface area contributed by atoms with Gasteiger partial charge >= 0.3 is 0 Å². The molecule has 0 atom stereocenters. The Hall–Kier alpha value is -1.28. The van der Waals surface area contributed by atoms with E-state index < -0.39 is 0 Å². The minimum Gasteiger partial charge on any atom is -0.516 e. The SMILES string of the molecule is O/C=C\c1cccc(CO)c1. The highest BCUT2D eigenvalue weighted by Gasteiger charge is 1.89. The van der Waals surface area contributed by atoms with Gasteiger partial charge in [0.15, 0.2) is 0 Å². The normalized spacial score (nSPS) is 10.6. The number of hydrogen-bond donors (Lipinski definition) is 2. The monoisotopic (exact) mass is 150 g/mol. The van der Waals surface area contributed by atoms with E-state index in [1.807, 2.05) is 24.3 Å². The van der Waals surface area contributed by atoms with Crippen molar-refractivity contribution in [3.63, 3.8) is 0 Å². The van der Waals surface area contributed by atoms with Crippen LogP contribution in [0.2, 0.25) is 0 Å². The fourth-order valence-corrected chi connectivity index (χ4v) is 0.881. The molecule has 0 aliphatic carbocycles. The summed E-state index contributed by atoms with van der Waals surface area (Å²) >= 11 is 0. The lowest BCUT2D eigenvalue weighted by atomic mass is 10.1.